The number of hydrogen-bond acceptors (Lipinski definition) is 5. The fraction of sp³-hybridized carbons (Fsp3) is 0.762. The van der Waals surface area contributed by atoms with Gasteiger partial charge in [0.25, 0.3) is 0 Å². The highest BCUT2D eigenvalue weighted by atomic mass is 16.5. The van der Waals surface area contributed by atoms with Crippen LogP contribution in [0.15, 0.2) is 11.6 Å². The van der Waals surface area contributed by atoms with Gasteiger partial charge in [0.1, 0.15) is 6.04 Å². The number of likely N-dealkylation sites (N-methyl/N-ethyl adjacent to an activating group) is 2. The fourth-order valence-electron chi connectivity index (χ4n) is 2.72. The third kappa shape index (κ3) is 7.62. The standard InChI is InChI=1S/C21H39N3O4/c1-11-28-20(27)14(4)12-16(13(2)3)24(10)19(26)17(21(6,7)8)23-18(25)15(5)22-9/h12-13,15-17,22H,11H2,1-10H3,(H,23,25)/b14-12+/t15?,16-,17-/m1/s1. The average Bonchev–Trinajstić information content (AvgIpc) is 2.60. The third-order valence-electron chi connectivity index (χ3n) is 4.72. The van der Waals surface area contributed by atoms with Crippen LogP contribution in [-0.4, -0.2) is 61.5 Å². The Kier molecular flexibility index (Phi) is 10.4. The monoisotopic (exact) mass is 397 g/mol. The van der Waals surface area contributed by atoms with Gasteiger partial charge >= 0.3 is 5.97 Å². The highest BCUT2D eigenvalue weighted by molar-refractivity contribution is 5.91. The molecule has 2 amide bonds. The summed E-state index contributed by atoms with van der Waals surface area (Å²) in [5.74, 6) is -0.748. The number of rotatable bonds is 9. The molecular formula is C21H39N3O4. The van der Waals surface area contributed by atoms with E-state index in [2.05, 4.69) is 10.6 Å². The molecule has 162 valence electrons. The minimum atomic E-state index is -0.696. The maximum atomic E-state index is 13.3. The SMILES string of the molecule is CCOC(=O)/C(C)=C/[C@H](C(C)C)N(C)C(=O)[C@@H](NC(=O)C(C)NC)C(C)(C)C. The first-order valence-electron chi connectivity index (χ1n) is 9.87. The van der Waals surface area contributed by atoms with E-state index in [1.54, 1.807) is 45.8 Å². The molecule has 0 aromatic heterocycles. The number of nitrogens with zero attached hydrogens (tertiary/aromatic N) is 1. The number of esters is 1. The van der Waals surface area contributed by atoms with Gasteiger partial charge in [-0.15, -0.1) is 0 Å². The summed E-state index contributed by atoms with van der Waals surface area (Å²) >= 11 is 0. The minimum absolute atomic E-state index is 0.0749. The van der Waals surface area contributed by atoms with E-state index < -0.39 is 23.5 Å². The molecule has 3 atom stereocenters. The van der Waals surface area contributed by atoms with Crippen LogP contribution in [0.3, 0.4) is 0 Å². The second-order valence-electron chi connectivity index (χ2n) is 8.57. The first-order chi connectivity index (χ1) is 12.8. The summed E-state index contributed by atoms with van der Waals surface area (Å²) in [7, 11) is 3.40. The zero-order valence-electron chi connectivity index (χ0n) is 19.2. The molecule has 0 rings (SSSR count). The summed E-state index contributed by atoms with van der Waals surface area (Å²) in [6.45, 7) is 15.2. The van der Waals surface area contributed by atoms with Crippen LogP contribution >= 0.6 is 0 Å². The van der Waals surface area contributed by atoms with Crippen LogP contribution in [-0.2, 0) is 19.1 Å². The van der Waals surface area contributed by atoms with E-state index in [0.29, 0.717) is 12.2 Å². The van der Waals surface area contributed by atoms with E-state index in [-0.39, 0.29) is 23.8 Å². The lowest BCUT2D eigenvalue weighted by Gasteiger charge is -2.37. The number of carbonyl (C=O) groups is 3. The molecule has 0 aliphatic carbocycles. The highest BCUT2D eigenvalue weighted by Gasteiger charge is 2.37. The van der Waals surface area contributed by atoms with Crippen molar-refractivity contribution in [2.45, 2.75) is 73.5 Å². The lowest BCUT2D eigenvalue weighted by atomic mass is 9.85. The number of nitrogens with one attached hydrogen (secondary N) is 2. The van der Waals surface area contributed by atoms with Crippen molar-refractivity contribution >= 4 is 17.8 Å². The summed E-state index contributed by atoms with van der Waals surface area (Å²) in [6.07, 6.45) is 1.76. The van der Waals surface area contributed by atoms with Gasteiger partial charge in [0.15, 0.2) is 0 Å². The summed E-state index contributed by atoms with van der Waals surface area (Å²) < 4.78 is 5.04. The summed E-state index contributed by atoms with van der Waals surface area (Å²) in [6, 6.07) is -1.41. The van der Waals surface area contributed by atoms with Crippen molar-refractivity contribution in [2.24, 2.45) is 11.3 Å². The zero-order valence-corrected chi connectivity index (χ0v) is 19.2. The molecule has 0 saturated carbocycles. The second-order valence-corrected chi connectivity index (χ2v) is 8.57. The van der Waals surface area contributed by atoms with Crippen molar-refractivity contribution in [3.8, 4) is 0 Å². The molecule has 0 fully saturated rings. The fourth-order valence-corrected chi connectivity index (χ4v) is 2.72. The van der Waals surface area contributed by atoms with Gasteiger partial charge in [-0.3, -0.25) is 9.59 Å². The normalized spacial score (nSPS) is 15.6. The van der Waals surface area contributed by atoms with E-state index in [1.807, 2.05) is 34.6 Å². The van der Waals surface area contributed by atoms with Crippen LogP contribution < -0.4 is 10.6 Å². The van der Waals surface area contributed by atoms with Crippen LogP contribution in [0.2, 0.25) is 0 Å². The smallest absolute Gasteiger partial charge is 0.333 e. The Hall–Kier alpha value is -1.89. The molecule has 2 N–H and O–H groups in total. The third-order valence-corrected chi connectivity index (χ3v) is 4.72. The number of amides is 2. The Balaban J connectivity index is 5.72. The molecule has 0 aromatic carbocycles. The summed E-state index contributed by atoms with van der Waals surface area (Å²) in [5, 5.41) is 5.76. The topological polar surface area (TPSA) is 87.7 Å². The van der Waals surface area contributed by atoms with Crippen LogP contribution in [0, 0.1) is 11.3 Å². The predicted octanol–water partition coefficient (Wildman–Crippen LogP) is 2.12. The Morgan fingerprint density at radius 1 is 1.14 bits per heavy atom. The van der Waals surface area contributed by atoms with E-state index in [1.165, 1.54) is 0 Å². The lowest BCUT2D eigenvalue weighted by molar-refractivity contribution is -0.141. The van der Waals surface area contributed by atoms with E-state index in [9.17, 15) is 14.4 Å². The maximum Gasteiger partial charge on any atom is 0.333 e. The molecule has 7 heteroatoms. The minimum Gasteiger partial charge on any atom is -0.463 e. The second kappa shape index (κ2) is 11.2. The van der Waals surface area contributed by atoms with Crippen molar-refractivity contribution in [3.63, 3.8) is 0 Å². The zero-order chi connectivity index (χ0) is 22.2. The molecule has 0 heterocycles. The van der Waals surface area contributed by atoms with Crippen LogP contribution in [0.1, 0.15) is 55.4 Å². The van der Waals surface area contributed by atoms with Gasteiger partial charge in [-0.05, 0) is 39.2 Å². The van der Waals surface area contributed by atoms with Gasteiger partial charge in [0.2, 0.25) is 11.8 Å². The van der Waals surface area contributed by atoms with Gasteiger partial charge in [0.05, 0.1) is 18.7 Å². The molecule has 0 spiro atoms. The Morgan fingerprint density at radius 2 is 1.68 bits per heavy atom. The van der Waals surface area contributed by atoms with Gasteiger partial charge in [-0.1, -0.05) is 40.7 Å². The Bertz CT molecular complexity index is 579. The molecule has 0 radical (unpaired) electrons. The molecule has 0 bridgehead atoms. The molecule has 0 aliphatic heterocycles. The van der Waals surface area contributed by atoms with Gasteiger partial charge in [-0.2, -0.15) is 0 Å². The van der Waals surface area contributed by atoms with Crippen LogP contribution in [0.5, 0.6) is 0 Å². The van der Waals surface area contributed by atoms with Gasteiger partial charge in [0, 0.05) is 12.6 Å². The number of hydrogen-bond donors (Lipinski definition) is 2. The average molecular weight is 398 g/mol. The summed E-state index contributed by atoms with van der Waals surface area (Å²) in [5.41, 5.74) is -0.0176. The lowest BCUT2D eigenvalue weighted by Crippen LogP contribution is -2.58. The van der Waals surface area contributed by atoms with Crippen molar-refractivity contribution in [3.05, 3.63) is 11.6 Å². The van der Waals surface area contributed by atoms with Crippen molar-refractivity contribution in [1.29, 1.82) is 0 Å². The molecule has 0 saturated heterocycles. The van der Waals surface area contributed by atoms with Crippen molar-refractivity contribution in [2.75, 3.05) is 20.7 Å². The highest BCUT2D eigenvalue weighted by Crippen LogP contribution is 2.24. The maximum absolute atomic E-state index is 13.3. The summed E-state index contributed by atoms with van der Waals surface area (Å²) in [4.78, 5) is 39.3. The van der Waals surface area contributed by atoms with Gasteiger partial charge < -0.3 is 20.3 Å². The van der Waals surface area contributed by atoms with E-state index >= 15 is 0 Å². The quantitative estimate of drug-likeness (QED) is 0.460. The van der Waals surface area contributed by atoms with E-state index in [4.69, 9.17) is 4.74 Å². The predicted molar refractivity (Wildman–Crippen MR) is 112 cm³/mol. The van der Waals surface area contributed by atoms with E-state index in [0.717, 1.165) is 0 Å². The van der Waals surface area contributed by atoms with Gasteiger partial charge in [-0.25, -0.2) is 4.79 Å². The largest absolute Gasteiger partial charge is 0.463 e. The van der Waals surface area contributed by atoms with Crippen molar-refractivity contribution in [1.82, 2.24) is 15.5 Å². The molecule has 7 nitrogen and oxygen atoms in total. The van der Waals surface area contributed by atoms with Crippen LogP contribution in [0.25, 0.3) is 0 Å². The first kappa shape index (κ1) is 26.1. The molecule has 1 unspecified atom stereocenters. The number of carbonyl (C=O) groups excluding carboxylic acids is 3. The molecular weight excluding hydrogens is 358 g/mol. The Labute approximate surface area is 170 Å². The number of ether oxygens (including phenoxy) is 1. The molecule has 28 heavy (non-hydrogen) atoms. The molecule has 0 aromatic rings. The Morgan fingerprint density at radius 3 is 2.07 bits per heavy atom. The van der Waals surface area contributed by atoms with Crippen LogP contribution in [0.4, 0.5) is 0 Å². The van der Waals surface area contributed by atoms with Crippen molar-refractivity contribution < 1.29 is 19.1 Å². The molecule has 0 aliphatic rings. The first-order valence-corrected chi connectivity index (χ1v) is 9.87.